The van der Waals surface area contributed by atoms with E-state index >= 15 is 0 Å². The number of hydrogen-bond donors (Lipinski definition) is 2. The van der Waals surface area contributed by atoms with Crippen LogP contribution in [-0.2, 0) is 10.0 Å². The van der Waals surface area contributed by atoms with Crippen LogP contribution in [0.4, 0.5) is 4.39 Å². The number of hydrogen-bond acceptors (Lipinski definition) is 3. The van der Waals surface area contributed by atoms with Crippen molar-refractivity contribution >= 4 is 39.2 Å². The van der Waals surface area contributed by atoms with Crippen LogP contribution in [0.5, 0.6) is 0 Å². The normalized spacial score (nSPS) is 11.3. The van der Waals surface area contributed by atoms with Gasteiger partial charge < -0.3 is 5.11 Å². The number of aromatic carboxylic acids is 1. The Morgan fingerprint density at radius 3 is 2.53 bits per heavy atom. The van der Waals surface area contributed by atoms with Gasteiger partial charge in [0.25, 0.3) is 0 Å². The third kappa shape index (κ3) is 3.90. The van der Waals surface area contributed by atoms with Crippen LogP contribution in [0.1, 0.15) is 10.4 Å². The smallest absolute Gasteiger partial charge is 0.337 e. The van der Waals surface area contributed by atoms with E-state index in [2.05, 4.69) is 6.58 Å². The van der Waals surface area contributed by atoms with E-state index in [1.165, 1.54) is 0 Å². The fourth-order valence-electron chi connectivity index (χ4n) is 1.13. The zero-order chi connectivity index (χ0) is 14.8. The summed E-state index contributed by atoms with van der Waals surface area (Å²) >= 11 is 10.8. The number of carbonyl (C=O) groups is 1. The van der Waals surface area contributed by atoms with Crippen LogP contribution in [0.3, 0.4) is 0 Å². The van der Waals surface area contributed by atoms with Crippen molar-refractivity contribution in [3.05, 3.63) is 40.1 Å². The molecule has 1 rings (SSSR count). The average Bonchev–Trinajstić information content (AvgIpc) is 2.29. The zero-order valence-electron chi connectivity index (χ0n) is 9.28. The molecule has 0 saturated carbocycles. The summed E-state index contributed by atoms with van der Waals surface area (Å²) in [7, 11) is -4.11. The SMILES string of the molecule is C=C(Cl)CNS(=O)(=O)c1cc(F)c(Cl)c(C(=O)O)c1. The summed E-state index contributed by atoms with van der Waals surface area (Å²) in [6.45, 7) is 3.01. The van der Waals surface area contributed by atoms with Crippen molar-refractivity contribution in [1.82, 2.24) is 4.72 Å². The van der Waals surface area contributed by atoms with E-state index in [1.54, 1.807) is 0 Å². The van der Waals surface area contributed by atoms with Crippen molar-refractivity contribution < 1.29 is 22.7 Å². The molecule has 104 valence electrons. The second kappa shape index (κ2) is 5.87. The Bertz CT molecular complexity index is 645. The Hall–Kier alpha value is -1.15. The van der Waals surface area contributed by atoms with Gasteiger partial charge in [0.05, 0.1) is 15.5 Å². The molecule has 0 unspecified atom stereocenters. The largest absolute Gasteiger partial charge is 0.478 e. The maximum absolute atomic E-state index is 13.4. The van der Waals surface area contributed by atoms with Gasteiger partial charge in [-0.25, -0.2) is 22.3 Å². The summed E-state index contributed by atoms with van der Waals surface area (Å²) in [6.07, 6.45) is 0. The van der Waals surface area contributed by atoms with Crippen LogP contribution in [0.25, 0.3) is 0 Å². The first-order valence-corrected chi connectivity index (χ1v) is 6.94. The van der Waals surface area contributed by atoms with E-state index in [0.717, 1.165) is 6.07 Å². The third-order valence-electron chi connectivity index (χ3n) is 2.00. The maximum Gasteiger partial charge on any atom is 0.337 e. The summed E-state index contributed by atoms with van der Waals surface area (Å²) in [4.78, 5) is 10.3. The molecule has 0 fully saturated rings. The van der Waals surface area contributed by atoms with Gasteiger partial charge in [0.2, 0.25) is 10.0 Å². The number of carboxylic acids is 1. The molecule has 2 N–H and O–H groups in total. The zero-order valence-corrected chi connectivity index (χ0v) is 11.6. The molecule has 0 atom stereocenters. The van der Waals surface area contributed by atoms with Crippen LogP contribution in [-0.4, -0.2) is 26.0 Å². The number of sulfonamides is 1. The molecule has 0 heterocycles. The fraction of sp³-hybridized carbons (Fsp3) is 0.100. The van der Waals surface area contributed by atoms with Gasteiger partial charge in [-0.15, -0.1) is 0 Å². The van der Waals surface area contributed by atoms with Crippen LogP contribution in [0, 0.1) is 5.82 Å². The third-order valence-corrected chi connectivity index (χ3v) is 3.89. The standard InChI is InChI=1S/C10H8Cl2FNO4S/c1-5(11)4-14-19(17,18)6-2-7(10(15)16)9(12)8(13)3-6/h2-3,14H,1,4H2,(H,15,16). The van der Waals surface area contributed by atoms with E-state index in [0.29, 0.717) is 6.07 Å². The Kier molecular flexibility index (Phi) is 4.92. The van der Waals surface area contributed by atoms with E-state index in [4.69, 9.17) is 28.3 Å². The Labute approximate surface area is 118 Å². The molecule has 0 aromatic heterocycles. The molecule has 1 aromatic carbocycles. The Morgan fingerprint density at radius 2 is 2.05 bits per heavy atom. The minimum absolute atomic E-state index is 0.0245. The molecular weight excluding hydrogens is 320 g/mol. The summed E-state index contributed by atoms with van der Waals surface area (Å²) in [5.41, 5.74) is -0.647. The highest BCUT2D eigenvalue weighted by Crippen LogP contribution is 2.24. The first kappa shape index (κ1) is 15.9. The number of benzene rings is 1. The van der Waals surface area contributed by atoms with Gasteiger partial charge in [-0.2, -0.15) is 0 Å². The highest BCUT2D eigenvalue weighted by atomic mass is 35.5. The van der Waals surface area contributed by atoms with Gasteiger partial charge in [-0.05, 0) is 12.1 Å². The molecule has 1 aromatic rings. The molecule has 9 heteroatoms. The van der Waals surface area contributed by atoms with Crippen molar-refractivity contribution in [2.75, 3.05) is 6.54 Å². The second-order valence-corrected chi connectivity index (χ2v) is 6.09. The molecular formula is C10H8Cl2FNO4S. The van der Waals surface area contributed by atoms with E-state index in [9.17, 15) is 17.6 Å². The van der Waals surface area contributed by atoms with E-state index < -0.39 is 37.3 Å². The minimum Gasteiger partial charge on any atom is -0.478 e. The van der Waals surface area contributed by atoms with Crippen LogP contribution >= 0.6 is 23.2 Å². The summed E-state index contributed by atoms with van der Waals surface area (Å²) < 4.78 is 38.9. The highest BCUT2D eigenvalue weighted by molar-refractivity contribution is 7.89. The highest BCUT2D eigenvalue weighted by Gasteiger charge is 2.21. The number of rotatable bonds is 5. The van der Waals surface area contributed by atoms with Crippen molar-refractivity contribution in [3.8, 4) is 0 Å². The molecule has 0 spiro atoms. The average molecular weight is 328 g/mol. The lowest BCUT2D eigenvalue weighted by molar-refractivity contribution is 0.0696. The number of halogens is 3. The summed E-state index contributed by atoms with van der Waals surface area (Å²) in [5, 5.41) is 8.16. The van der Waals surface area contributed by atoms with Gasteiger partial charge in [0, 0.05) is 11.6 Å². The molecule has 0 aliphatic rings. The molecule has 0 aliphatic carbocycles. The van der Waals surface area contributed by atoms with Crippen molar-refractivity contribution in [2.45, 2.75) is 4.90 Å². The van der Waals surface area contributed by atoms with Gasteiger partial charge in [0.1, 0.15) is 5.82 Å². The van der Waals surface area contributed by atoms with Gasteiger partial charge in [-0.3, -0.25) is 0 Å². The molecule has 0 amide bonds. The molecule has 19 heavy (non-hydrogen) atoms. The minimum atomic E-state index is -4.11. The lowest BCUT2D eigenvalue weighted by Crippen LogP contribution is -2.25. The topological polar surface area (TPSA) is 83.5 Å². The van der Waals surface area contributed by atoms with Gasteiger partial charge >= 0.3 is 5.97 Å². The second-order valence-electron chi connectivity index (χ2n) is 3.41. The predicted molar refractivity (Wildman–Crippen MR) is 68.6 cm³/mol. The van der Waals surface area contributed by atoms with Crippen LogP contribution in [0.15, 0.2) is 28.6 Å². The Balaban J connectivity index is 3.28. The Morgan fingerprint density at radius 1 is 1.47 bits per heavy atom. The molecule has 0 radical (unpaired) electrons. The lowest BCUT2D eigenvalue weighted by Gasteiger charge is -2.08. The molecule has 0 saturated heterocycles. The van der Waals surface area contributed by atoms with Crippen LogP contribution in [0.2, 0.25) is 5.02 Å². The first-order chi connectivity index (χ1) is 8.65. The van der Waals surface area contributed by atoms with Crippen LogP contribution < -0.4 is 4.72 Å². The van der Waals surface area contributed by atoms with Crippen molar-refractivity contribution in [3.63, 3.8) is 0 Å². The molecule has 0 aliphatic heterocycles. The molecule has 5 nitrogen and oxygen atoms in total. The maximum atomic E-state index is 13.4. The fourth-order valence-corrected chi connectivity index (χ4v) is 2.53. The predicted octanol–water partition coefficient (Wildman–Crippen LogP) is 2.21. The van der Waals surface area contributed by atoms with Crippen molar-refractivity contribution in [1.29, 1.82) is 0 Å². The summed E-state index contributed by atoms with van der Waals surface area (Å²) in [5.74, 6) is -2.69. The van der Waals surface area contributed by atoms with Gasteiger partial charge in [0.15, 0.2) is 0 Å². The quantitative estimate of drug-likeness (QED) is 0.868. The summed E-state index contributed by atoms with van der Waals surface area (Å²) in [6, 6.07) is 1.38. The monoisotopic (exact) mass is 327 g/mol. The lowest BCUT2D eigenvalue weighted by atomic mass is 10.2. The van der Waals surface area contributed by atoms with Gasteiger partial charge in [-0.1, -0.05) is 29.8 Å². The number of carboxylic acid groups (broad SMARTS) is 1. The number of nitrogens with one attached hydrogen (secondary N) is 1. The van der Waals surface area contributed by atoms with Crippen molar-refractivity contribution in [2.24, 2.45) is 0 Å². The first-order valence-electron chi connectivity index (χ1n) is 4.70. The van der Waals surface area contributed by atoms with E-state index in [-0.39, 0.29) is 11.6 Å². The molecule has 0 bridgehead atoms. The van der Waals surface area contributed by atoms with E-state index in [1.807, 2.05) is 4.72 Å².